The van der Waals surface area contributed by atoms with E-state index in [1.54, 1.807) is 24.3 Å². The first kappa shape index (κ1) is 15.1. The number of amides is 1. The Kier molecular flexibility index (Phi) is 3.50. The zero-order chi connectivity index (χ0) is 16.1. The number of ether oxygens (including phenoxy) is 1. The van der Waals surface area contributed by atoms with E-state index in [1.807, 2.05) is 4.90 Å². The van der Waals surface area contributed by atoms with Crippen LogP contribution in [0.5, 0.6) is 0 Å². The highest BCUT2D eigenvalue weighted by atomic mass is 32.2. The van der Waals surface area contributed by atoms with Crippen LogP contribution in [0.1, 0.15) is 36.0 Å². The predicted molar refractivity (Wildman–Crippen MR) is 85.0 cm³/mol. The minimum Gasteiger partial charge on any atom is -0.379 e. The molecule has 1 spiro atoms. The highest BCUT2D eigenvalue weighted by Gasteiger charge is 2.46. The van der Waals surface area contributed by atoms with Crippen LogP contribution in [0.2, 0.25) is 0 Å². The first-order valence-electron chi connectivity index (χ1n) is 8.21. The molecule has 0 bridgehead atoms. The Bertz CT molecular complexity index is 717. The molecule has 23 heavy (non-hydrogen) atoms. The molecule has 3 fully saturated rings. The van der Waals surface area contributed by atoms with Crippen LogP contribution in [0.15, 0.2) is 29.2 Å². The monoisotopic (exact) mass is 335 g/mol. The second kappa shape index (κ2) is 5.31. The summed E-state index contributed by atoms with van der Waals surface area (Å²) in [6.07, 6.45) is 3.74. The van der Waals surface area contributed by atoms with Crippen molar-refractivity contribution in [2.24, 2.45) is 5.41 Å². The highest BCUT2D eigenvalue weighted by molar-refractivity contribution is 7.92. The number of hydrogen-bond acceptors (Lipinski definition) is 4. The molecule has 0 atom stereocenters. The number of rotatable bonds is 3. The van der Waals surface area contributed by atoms with Crippen LogP contribution in [0, 0.1) is 5.41 Å². The van der Waals surface area contributed by atoms with Crippen LogP contribution in [0.3, 0.4) is 0 Å². The Morgan fingerprint density at radius 3 is 2.48 bits per heavy atom. The Labute approximate surface area is 136 Å². The minimum absolute atomic E-state index is 0.0304. The normalized spacial score (nSPS) is 23.6. The molecule has 1 aromatic carbocycles. The third kappa shape index (κ3) is 2.90. The zero-order valence-corrected chi connectivity index (χ0v) is 13.8. The van der Waals surface area contributed by atoms with Crippen molar-refractivity contribution in [3.05, 3.63) is 29.8 Å². The van der Waals surface area contributed by atoms with Crippen LogP contribution in [-0.4, -0.2) is 50.8 Å². The number of carbonyl (C=O) groups is 1. The van der Waals surface area contributed by atoms with Gasteiger partial charge in [0.25, 0.3) is 5.91 Å². The van der Waals surface area contributed by atoms with Gasteiger partial charge >= 0.3 is 0 Å². The van der Waals surface area contributed by atoms with Crippen molar-refractivity contribution >= 4 is 15.7 Å². The van der Waals surface area contributed by atoms with Crippen LogP contribution in [0.25, 0.3) is 0 Å². The number of sulfone groups is 1. The van der Waals surface area contributed by atoms with Gasteiger partial charge < -0.3 is 9.64 Å². The summed E-state index contributed by atoms with van der Waals surface area (Å²) < 4.78 is 30.0. The van der Waals surface area contributed by atoms with E-state index in [0.717, 1.165) is 38.8 Å². The van der Waals surface area contributed by atoms with Crippen molar-refractivity contribution in [1.82, 2.24) is 4.90 Å². The SMILES string of the molecule is O=C(c1ccc(S(=O)(=O)C2CC2)cc1)N1CCOCC2(CC2)C1. The lowest BCUT2D eigenvalue weighted by atomic mass is 10.1. The molecule has 1 saturated heterocycles. The van der Waals surface area contributed by atoms with E-state index in [-0.39, 0.29) is 16.6 Å². The van der Waals surface area contributed by atoms with E-state index in [0.29, 0.717) is 23.6 Å². The van der Waals surface area contributed by atoms with Gasteiger partial charge in [0.05, 0.1) is 23.4 Å². The fourth-order valence-electron chi connectivity index (χ4n) is 3.19. The van der Waals surface area contributed by atoms with Crippen LogP contribution < -0.4 is 0 Å². The van der Waals surface area contributed by atoms with E-state index in [2.05, 4.69) is 0 Å². The number of benzene rings is 1. The Morgan fingerprint density at radius 2 is 1.87 bits per heavy atom. The molecule has 124 valence electrons. The van der Waals surface area contributed by atoms with Gasteiger partial charge in [-0.25, -0.2) is 8.42 Å². The Hall–Kier alpha value is -1.40. The van der Waals surface area contributed by atoms with E-state index in [4.69, 9.17) is 4.74 Å². The molecule has 0 aromatic heterocycles. The lowest BCUT2D eigenvalue weighted by Crippen LogP contribution is -2.36. The molecule has 3 aliphatic rings. The molecule has 1 amide bonds. The highest BCUT2D eigenvalue weighted by Crippen LogP contribution is 2.47. The van der Waals surface area contributed by atoms with Gasteiger partial charge in [-0.1, -0.05) is 0 Å². The summed E-state index contributed by atoms with van der Waals surface area (Å²) in [4.78, 5) is 14.9. The van der Waals surface area contributed by atoms with Gasteiger partial charge in [-0.15, -0.1) is 0 Å². The van der Waals surface area contributed by atoms with Crippen LogP contribution in [0.4, 0.5) is 0 Å². The molecule has 2 aliphatic carbocycles. The molecule has 2 saturated carbocycles. The van der Waals surface area contributed by atoms with E-state index < -0.39 is 9.84 Å². The predicted octanol–water partition coefficient (Wildman–Crippen LogP) is 1.88. The standard InChI is InChI=1S/C17H21NO4S/c19-16(18-9-10-22-12-17(11-18)7-8-17)13-1-3-14(4-2-13)23(20,21)15-5-6-15/h1-4,15H,5-12H2. The molecule has 6 heteroatoms. The molecule has 1 aromatic rings. The van der Waals surface area contributed by atoms with Crippen molar-refractivity contribution in [3.8, 4) is 0 Å². The van der Waals surface area contributed by atoms with E-state index in [1.165, 1.54) is 0 Å². The average Bonchev–Trinajstić information content (AvgIpc) is 3.44. The maximum absolute atomic E-state index is 12.7. The zero-order valence-electron chi connectivity index (χ0n) is 13.0. The summed E-state index contributed by atoms with van der Waals surface area (Å²) in [5.41, 5.74) is 0.721. The molecule has 0 radical (unpaired) electrons. The maximum Gasteiger partial charge on any atom is 0.253 e. The molecule has 0 N–H and O–H groups in total. The fraction of sp³-hybridized carbons (Fsp3) is 0.588. The third-order valence-electron chi connectivity index (χ3n) is 5.08. The van der Waals surface area contributed by atoms with Gasteiger partial charge in [0.15, 0.2) is 9.84 Å². The third-order valence-corrected chi connectivity index (χ3v) is 7.36. The molecule has 1 aliphatic heterocycles. The summed E-state index contributed by atoms with van der Waals surface area (Å²) >= 11 is 0. The van der Waals surface area contributed by atoms with Crippen LogP contribution >= 0.6 is 0 Å². The average molecular weight is 335 g/mol. The smallest absolute Gasteiger partial charge is 0.253 e. The molecule has 5 nitrogen and oxygen atoms in total. The Balaban J connectivity index is 1.52. The largest absolute Gasteiger partial charge is 0.379 e. The van der Waals surface area contributed by atoms with Crippen molar-refractivity contribution in [3.63, 3.8) is 0 Å². The summed E-state index contributed by atoms with van der Waals surface area (Å²) in [5, 5.41) is -0.221. The van der Waals surface area contributed by atoms with Crippen molar-refractivity contribution in [1.29, 1.82) is 0 Å². The fourth-order valence-corrected chi connectivity index (χ4v) is 4.84. The summed E-state index contributed by atoms with van der Waals surface area (Å²) in [6, 6.07) is 6.43. The number of nitrogens with zero attached hydrogens (tertiary/aromatic N) is 1. The molecular weight excluding hydrogens is 314 g/mol. The van der Waals surface area contributed by atoms with Gasteiger partial charge in [-0.2, -0.15) is 0 Å². The van der Waals surface area contributed by atoms with Gasteiger partial charge in [0.1, 0.15) is 0 Å². The van der Waals surface area contributed by atoms with Crippen molar-refractivity contribution < 1.29 is 17.9 Å². The molecule has 4 rings (SSSR count). The quantitative estimate of drug-likeness (QED) is 0.846. The lowest BCUT2D eigenvalue weighted by molar-refractivity contribution is 0.0735. The lowest BCUT2D eigenvalue weighted by Gasteiger charge is -2.23. The maximum atomic E-state index is 12.7. The Morgan fingerprint density at radius 1 is 1.17 bits per heavy atom. The van der Waals surface area contributed by atoms with Gasteiger partial charge in [0, 0.05) is 24.1 Å². The van der Waals surface area contributed by atoms with Crippen LogP contribution in [-0.2, 0) is 14.6 Å². The number of hydrogen-bond donors (Lipinski definition) is 0. The minimum atomic E-state index is -3.19. The summed E-state index contributed by atoms with van der Waals surface area (Å²) in [5.74, 6) is -0.0304. The summed E-state index contributed by atoms with van der Waals surface area (Å²) in [7, 11) is -3.19. The van der Waals surface area contributed by atoms with E-state index >= 15 is 0 Å². The summed E-state index contributed by atoms with van der Waals surface area (Å²) in [6.45, 7) is 2.66. The topological polar surface area (TPSA) is 63.7 Å². The van der Waals surface area contributed by atoms with E-state index in [9.17, 15) is 13.2 Å². The molecule has 0 unspecified atom stereocenters. The molecular formula is C17H21NO4S. The van der Waals surface area contributed by atoms with Gasteiger partial charge in [0.2, 0.25) is 0 Å². The number of carbonyl (C=O) groups excluding carboxylic acids is 1. The van der Waals surface area contributed by atoms with Crippen molar-refractivity contribution in [2.45, 2.75) is 35.8 Å². The van der Waals surface area contributed by atoms with Gasteiger partial charge in [-0.3, -0.25) is 4.79 Å². The second-order valence-electron chi connectivity index (χ2n) is 7.05. The second-order valence-corrected chi connectivity index (χ2v) is 9.28. The first-order chi connectivity index (χ1) is 11.0. The first-order valence-corrected chi connectivity index (χ1v) is 9.76. The molecule has 1 heterocycles. The van der Waals surface area contributed by atoms with Crippen molar-refractivity contribution in [2.75, 3.05) is 26.3 Å². The van der Waals surface area contributed by atoms with Gasteiger partial charge in [-0.05, 0) is 49.9 Å².